The standard InChI is InChI=1S/C23H35BrN2O2/c1-3-14-25(2)15-6-4-5-7-18-28-22-12-16-26(17-13-22)19-23(27)20-8-10-21(24)11-9-20/h3,8-11,22H,1,4-7,12-19H2,2H3. The van der Waals surface area contributed by atoms with Crippen LogP contribution < -0.4 is 0 Å². The van der Waals surface area contributed by atoms with Gasteiger partial charge in [-0.2, -0.15) is 0 Å². The quantitative estimate of drug-likeness (QED) is 0.245. The number of nitrogens with zero attached hydrogens (tertiary/aromatic N) is 2. The number of halogens is 1. The number of unbranched alkanes of at least 4 members (excludes halogenated alkanes) is 3. The maximum atomic E-state index is 12.4. The van der Waals surface area contributed by atoms with Gasteiger partial charge in [0.15, 0.2) is 5.78 Å². The van der Waals surface area contributed by atoms with Gasteiger partial charge in [-0.15, -0.1) is 6.58 Å². The van der Waals surface area contributed by atoms with Crippen LogP contribution in [0.15, 0.2) is 41.4 Å². The maximum Gasteiger partial charge on any atom is 0.176 e. The number of rotatable bonds is 13. The minimum absolute atomic E-state index is 0.200. The van der Waals surface area contributed by atoms with Crippen molar-refractivity contribution in [2.24, 2.45) is 0 Å². The molecule has 1 heterocycles. The van der Waals surface area contributed by atoms with Gasteiger partial charge < -0.3 is 9.64 Å². The van der Waals surface area contributed by atoms with Gasteiger partial charge in [0.2, 0.25) is 0 Å². The fraction of sp³-hybridized carbons (Fsp3) is 0.609. The molecule has 1 aromatic rings. The molecular formula is C23H35BrN2O2. The highest BCUT2D eigenvalue weighted by Gasteiger charge is 2.21. The molecule has 1 aliphatic heterocycles. The molecule has 0 amide bonds. The first-order valence-corrected chi connectivity index (χ1v) is 11.3. The summed E-state index contributed by atoms with van der Waals surface area (Å²) in [5.41, 5.74) is 0.789. The molecule has 28 heavy (non-hydrogen) atoms. The summed E-state index contributed by atoms with van der Waals surface area (Å²) in [6.07, 6.45) is 9.26. The molecule has 0 N–H and O–H groups in total. The van der Waals surface area contributed by atoms with Crippen LogP contribution in [0.1, 0.15) is 48.9 Å². The summed E-state index contributed by atoms with van der Waals surface area (Å²) in [5.74, 6) is 0.200. The maximum absolute atomic E-state index is 12.4. The van der Waals surface area contributed by atoms with Crippen molar-refractivity contribution in [2.75, 3.05) is 46.4 Å². The Hall–Kier alpha value is -1.01. The van der Waals surface area contributed by atoms with Crippen LogP contribution in [0.25, 0.3) is 0 Å². The molecule has 0 atom stereocenters. The number of hydrogen-bond acceptors (Lipinski definition) is 4. The molecule has 2 rings (SSSR count). The lowest BCUT2D eigenvalue weighted by atomic mass is 10.1. The molecule has 156 valence electrons. The van der Waals surface area contributed by atoms with Gasteiger partial charge in [-0.3, -0.25) is 9.69 Å². The number of ether oxygens (including phenoxy) is 1. The van der Waals surface area contributed by atoms with Crippen LogP contribution in [0, 0.1) is 0 Å². The van der Waals surface area contributed by atoms with Crippen LogP contribution in [0.4, 0.5) is 0 Å². The zero-order valence-corrected chi connectivity index (χ0v) is 18.8. The Kier molecular flexibility index (Phi) is 11.0. The number of likely N-dealkylation sites (N-methyl/N-ethyl adjacent to an activating group) is 1. The van der Waals surface area contributed by atoms with Gasteiger partial charge in [-0.25, -0.2) is 0 Å². The third kappa shape index (κ3) is 8.99. The lowest BCUT2D eigenvalue weighted by Crippen LogP contribution is -2.40. The van der Waals surface area contributed by atoms with Crippen molar-refractivity contribution in [3.8, 4) is 0 Å². The Labute approximate surface area is 179 Å². The van der Waals surface area contributed by atoms with E-state index < -0.39 is 0 Å². The Bertz CT molecular complexity index is 583. The average Bonchev–Trinajstić information content (AvgIpc) is 2.69. The van der Waals surface area contributed by atoms with Crippen molar-refractivity contribution < 1.29 is 9.53 Å². The first-order valence-electron chi connectivity index (χ1n) is 10.5. The summed E-state index contributed by atoms with van der Waals surface area (Å²) in [4.78, 5) is 16.9. The van der Waals surface area contributed by atoms with E-state index in [1.54, 1.807) is 0 Å². The Balaban J connectivity index is 1.51. The van der Waals surface area contributed by atoms with Gasteiger partial charge >= 0.3 is 0 Å². The van der Waals surface area contributed by atoms with Gasteiger partial charge in [0, 0.05) is 36.3 Å². The van der Waals surface area contributed by atoms with Crippen molar-refractivity contribution in [1.82, 2.24) is 9.80 Å². The van der Waals surface area contributed by atoms with Gasteiger partial charge in [-0.1, -0.05) is 47.0 Å². The molecule has 0 aliphatic carbocycles. The van der Waals surface area contributed by atoms with E-state index >= 15 is 0 Å². The third-order valence-corrected chi connectivity index (χ3v) is 5.83. The highest BCUT2D eigenvalue weighted by molar-refractivity contribution is 9.10. The zero-order chi connectivity index (χ0) is 20.2. The minimum Gasteiger partial charge on any atom is -0.378 e. The van der Waals surface area contributed by atoms with Crippen molar-refractivity contribution in [3.63, 3.8) is 0 Å². The van der Waals surface area contributed by atoms with E-state index in [0.717, 1.165) is 62.1 Å². The second kappa shape index (κ2) is 13.3. The predicted molar refractivity (Wildman–Crippen MR) is 120 cm³/mol. The lowest BCUT2D eigenvalue weighted by molar-refractivity contribution is 0.00649. The zero-order valence-electron chi connectivity index (χ0n) is 17.2. The number of carbonyl (C=O) groups excluding carboxylic acids is 1. The van der Waals surface area contributed by atoms with Crippen molar-refractivity contribution in [1.29, 1.82) is 0 Å². The Morgan fingerprint density at radius 2 is 1.89 bits per heavy atom. The van der Waals surface area contributed by atoms with E-state index in [-0.39, 0.29) is 5.78 Å². The fourth-order valence-corrected chi connectivity index (χ4v) is 3.83. The van der Waals surface area contributed by atoms with Crippen molar-refractivity contribution >= 4 is 21.7 Å². The monoisotopic (exact) mass is 450 g/mol. The molecule has 1 aliphatic rings. The van der Waals surface area contributed by atoms with Crippen LogP contribution in [-0.2, 0) is 4.74 Å². The first kappa shape index (κ1) is 23.3. The SMILES string of the molecule is C=CCN(C)CCCCCCOC1CCN(CC(=O)c2ccc(Br)cc2)CC1. The average molecular weight is 451 g/mol. The Morgan fingerprint density at radius 1 is 1.21 bits per heavy atom. The van der Waals surface area contributed by atoms with Crippen molar-refractivity contribution in [3.05, 3.63) is 47.0 Å². The smallest absolute Gasteiger partial charge is 0.176 e. The molecule has 0 saturated carbocycles. The van der Waals surface area contributed by atoms with Crippen LogP contribution >= 0.6 is 15.9 Å². The van der Waals surface area contributed by atoms with E-state index in [1.807, 2.05) is 30.3 Å². The van der Waals surface area contributed by atoms with Crippen LogP contribution in [0.5, 0.6) is 0 Å². The summed E-state index contributed by atoms with van der Waals surface area (Å²) in [6, 6.07) is 7.62. The highest BCUT2D eigenvalue weighted by atomic mass is 79.9. The Morgan fingerprint density at radius 3 is 2.57 bits per heavy atom. The minimum atomic E-state index is 0.200. The third-order valence-electron chi connectivity index (χ3n) is 5.30. The molecule has 0 spiro atoms. The number of Topliss-reactive ketones (excluding diaryl/α,β-unsaturated/α-hetero) is 1. The molecule has 4 nitrogen and oxygen atoms in total. The van der Waals surface area contributed by atoms with Crippen LogP contribution in [-0.4, -0.2) is 68.1 Å². The predicted octanol–water partition coefficient (Wildman–Crippen LogP) is 4.79. The number of piperidine rings is 1. The molecule has 1 fully saturated rings. The largest absolute Gasteiger partial charge is 0.378 e. The van der Waals surface area contributed by atoms with Gasteiger partial charge in [0.1, 0.15) is 0 Å². The second-order valence-electron chi connectivity index (χ2n) is 7.74. The van der Waals surface area contributed by atoms with E-state index in [9.17, 15) is 4.79 Å². The van der Waals surface area contributed by atoms with E-state index in [1.165, 1.54) is 19.3 Å². The normalized spacial score (nSPS) is 15.8. The summed E-state index contributed by atoms with van der Waals surface area (Å²) < 4.78 is 7.06. The molecule has 1 aromatic carbocycles. The first-order chi connectivity index (χ1) is 13.6. The number of benzene rings is 1. The number of likely N-dealkylation sites (tertiary alicyclic amines) is 1. The molecule has 0 unspecified atom stereocenters. The molecule has 1 saturated heterocycles. The van der Waals surface area contributed by atoms with Crippen molar-refractivity contribution in [2.45, 2.75) is 44.6 Å². The summed E-state index contributed by atoms with van der Waals surface area (Å²) in [7, 11) is 2.14. The summed E-state index contributed by atoms with van der Waals surface area (Å²) in [5, 5.41) is 0. The molecule has 0 bridgehead atoms. The van der Waals surface area contributed by atoms with Crippen LogP contribution in [0.2, 0.25) is 0 Å². The van der Waals surface area contributed by atoms with Gasteiger partial charge in [-0.05, 0) is 51.4 Å². The summed E-state index contributed by atoms with van der Waals surface area (Å²) >= 11 is 3.41. The highest BCUT2D eigenvalue weighted by Crippen LogP contribution is 2.16. The fourth-order valence-electron chi connectivity index (χ4n) is 3.56. The van der Waals surface area contributed by atoms with Gasteiger partial charge in [0.05, 0.1) is 12.6 Å². The molecular weight excluding hydrogens is 416 g/mol. The van der Waals surface area contributed by atoms with E-state index in [0.29, 0.717) is 12.6 Å². The van der Waals surface area contributed by atoms with E-state index in [2.05, 4.69) is 39.4 Å². The van der Waals surface area contributed by atoms with Crippen LogP contribution in [0.3, 0.4) is 0 Å². The number of ketones is 1. The second-order valence-corrected chi connectivity index (χ2v) is 8.66. The lowest BCUT2D eigenvalue weighted by Gasteiger charge is -2.31. The topological polar surface area (TPSA) is 32.8 Å². The van der Waals surface area contributed by atoms with E-state index in [4.69, 9.17) is 4.74 Å². The molecule has 5 heteroatoms. The number of carbonyl (C=O) groups is 1. The molecule has 0 aromatic heterocycles. The van der Waals surface area contributed by atoms with Gasteiger partial charge in [0.25, 0.3) is 0 Å². The number of hydrogen-bond donors (Lipinski definition) is 0. The summed E-state index contributed by atoms with van der Waals surface area (Å²) in [6.45, 7) is 9.15. The molecule has 0 radical (unpaired) electrons.